The summed E-state index contributed by atoms with van der Waals surface area (Å²) in [6, 6.07) is 8.27. The van der Waals surface area contributed by atoms with Crippen molar-refractivity contribution in [3.63, 3.8) is 0 Å². The van der Waals surface area contributed by atoms with Gasteiger partial charge in [-0.25, -0.2) is 0 Å². The van der Waals surface area contributed by atoms with Crippen LogP contribution in [-0.2, 0) is 6.42 Å². The molecule has 0 aromatic heterocycles. The van der Waals surface area contributed by atoms with Gasteiger partial charge in [-0.1, -0.05) is 19.1 Å². The van der Waals surface area contributed by atoms with Crippen LogP contribution in [0.15, 0.2) is 24.3 Å². The van der Waals surface area contributed by atoms with Crippen molar-refractivity contribution >= 4 is 5.91 Å². The van der Waals surface area contributed by atoms with E-state index in [2.05, 4.69) is 12.2 Å². The Balaban J connectivity index is 2.09. The molecule has 2 nitrogen and oxygen atoms in total. The first-order valence-corrected chi connectivity index (χ1v) is 5.19. The van der Waals surface area contributed by atoms with Gasteiger partial charge in [0.15, 0.2) is 0 Å². The average molecular weight is 189 g/mol. The van der Waals surface area contributed by atoms with E-state index in [0.29, 0.717) is 6.04 Å². The summed E-state index contributed by atoms with van der Waals surface area (Å²) in [6.45, 7) is 2.10. The molecule has 0 atom stereocenters. The highest BCUT2D eigenvalue weighted by Crippen LogP contribution is 2.19. The molecule has 1 N–H and O–H groups in total. The van der Waals surface area contributed by atoms with Crippen molar-refractivity contribution < 1.29 is 4.79 Å². The fourth-order valence-corrected chi connectivity index (χ4v) is 1.43. The second kappa shape index (κ2) is 3.82. The molecule has 74 valence electrons. The zero-order valence-corrected chi connectivity index (χ0v) is 8.42. The molecule has 1 saturated carbocycles. The maximum Gasteiger partial charge on any atom is 0.251 e. The molecule has 1 fully saturated rings. The molecular formula is C12H15NO. The van der Waals surface area contributed by atoms with Crippen molar-refractivity contribution in [1.82, 2.24) is 5.32 Å². The summed E-state index contributed by atoms with van der Waals surface area (Å²) in [7, 11) is 0. The molecule has 1 aromatic rings. The van der Waals surface area contributed by atoms with Crippen LogP contribution in [0.1, 0.15) is 35.7 Å². The zero-order chi connectivity index (χ0) is 9.97. The second-order valence-electron chi connectivity index (χ2n) is 3.80. The number of nitrogens with one attached hydrogen (secondary N) is 1. The molecule has 0 saturated heterocycles. The van der Waals surface area contributed by atoms with Gasteiger partial charge in [-0.3, -0.25) is 4.79 Å². The Labute approximate surface area is 84.3 Å². The van der Waals surface area contributed by atoms with Crippen LogP contribution in [0.5, 0.6) is 0 Å². The second-order valence-corrected chi connectivity index (χ2v) is 3.80. The van der Waals surface area contributed by atoms with E-state index in [4.69, 9.17) is 0 Å². The van der Waals surface area contributed by atoms with Crippen molar-refractivity contribution in [2.24, 2.45) is 0 Å². The van der Waals surface area contributed by atoms with E-state index in [0.717, 1.165) is 24.8 Å². The zero-order valence-electron chi connectivity index (χ0n) is 8.42. The highest BCUT2D eigenvalue weighted by Gasteiger charge is 2.23. The molecule has 1 aliphatic carbocycles. The van der Waals surface area contributed by atoms with Crippen molar-refractivity contribution in [1.29, 1.82) is 0 Å². The molecule has 0 radical (unpaired) electrons. The maximum atomic E-state index is 11.7. The maximum absolute atomic E-state index is 11.7. The van der Waals surface area contributed by atoms with Crippen LogP contribution in [0.3, 0.4) is 0 Å². The van der Waals surface area contributed by atoms with Gasteiger partial charge in [-0.05, 0) is 37.0 Å². The van der Waals surface area contributed by atoms with Crippen molar-refractivity contribution in [2.75, 3.05) is 0 Å². The lowest BCUT2D eigenvalue weighted by atomic mass is 10.1. The van der Waals surface area contributed by atoms with Gasteiger partial charge < -0.3 is 5.32 Å². The van der Waals surface area contributed by atoms with Crippen LogP contribution in [-0.4, -0.2) is 11.9 Å². The first-order valence-electron chi connectivity index (χ1n) is 5.19. The Kier molecular flexibility index (Phi) is 2.53. The van der Waals surface area contributed by atoms with Crippen LogP contribution in [0.4, 0.5) is 0 Å². The van der Waals surface area contributed by atoms with E-state index in [1.54, 1.807) is 0 Å². The molecule has 0 spiro atoms. The van der Waals surface area contributed by atoms with Crippen molar-refractivity contribution in [3.05, 3.63) is 35.4 Å². The number of hydrogen-bond donors (Lipinski definition) is 1. The highest BCUT2D eigenvalue weighted by molar-refractivity contribution is 5.94. The van der Waals surface area contributed by atoms with E-state index < -0.39 is 0 Å². The number of hydrogen-bond acceptors (Lipinski definition) is 1. The minimum Gasteiger partial charge on any atom is -0.349 e. The topological polar surface area (TPSA) is 29.1 Å². The van der Waals surface area contributed by atoms with Crippen LogP contribution < -0.4 is 5.32 Å². The SMILES string of the molecule is CCc1cccc(C(=O)NC2CC2)c1. The molecule has 14 heavy (non-hydrogen) atoms. The molecule has 1 amide bonds. The number of aryl methyl sites for hydroxylation is 1. The summed E-state index contributed by atoms with van der Waals surface area (Å²) >= 11 is 0. The lowest BCUT2D eigenvalue weighted by molar-refractivity contribution is 0.0951. The van der Waals surface area contributed by atoms with Crippen molar-refractivity contribution in [3.8, 4) is 0 Å². The van der Waals surface area contributed by atoms with E-state index in [1.165, 1.54) is 5.56 Å². The molecule has 2 rings (SSSR count). The Morgan fingerprint density at radius 3 is 2.93 bits per heavy atom. The first-order chi connectivity index (χ1) is 6.79. The minimum absolute atomic E-state index is 0.0720. The van der Waals surface area contributed by atoms with Gasteiger partial charge in [-0.2, -0.15) is 0 Å². The first kappa shape index (κ1) is 9.25. The summed E-state index contributed by atoms with van der Waals surface area (Å²) in [4.78, 5) is 11.7. The van der Waals surface area contributed by atoms with Crippen LogP contribution in [0.25, 0.3) is 0 Å². The summed E-state index contributed by atoms with van der Waals surface area (Å²) in [5, 5.41) is 2.98. The monoisotopic (exact) mass is 189 g/mol. The van der Waals surface area contributed by atoms with Gasteiger partial charge in [0.05, 0.1) is 0 Å². The molecule has 0 aliphatic heterocycles. The van der Waals surface area contributed by atoms with Gasteiger partial charge in [0, 0.05) is 11.6 Å². The third-order valence-electron chi connectivity index (χ3n) is 2.51. The predicted octanol–water partition coefficient (Wildman–Crippen LogP) is 2.14. The lowest BCUT2D eigenvalue weighted by Crippen LogP contribution is -2.25. The predicted molar refractivity (Wildman–Crippen MR) is 56.3 cm³/mol. The Morgan fingerprint density at radius 1 is 1.50 bits per heavy atom. The fraction of sp³-hybridized carbons (Fsp3) is 0.417. The summed E-state index contributed by atoms with van der Waals surface area (Å²) in [6.07, 6.45) is 3.25. The van der Waals surface area contributed by atoms with Crippen molar-refractivity contribution in [2.45, 2.75) is 32.2 Å². The molecule has 0 heterocycles. The molecule has 0 unspecified atom stereocenters. The number of carbonyl (C=O) groups excluding carboxylic acids is 1. The standard InChI is InChI=1S/C12H15NO/c1-2-9-4-3-5-10(8-9)12(14)13-11-6-7-11/h3-5,8,11H,2,6-7H2,1H3,(H,13,14). The molecule has 0 bridgehead atoms. The van der Waals surface area contributed by atoms with E-state index >= 15 is 0 Å². The third kappa shape index (κ3) is 2.13. The molecular weight excluding hydrogens is 174 g/mol. The van der Waals surface area contributed by atoms with Gasteiger partial charge in [0.25, 0.3) is 5.91 Å². The summed E-state index contributed by atoms with van der Waals surface area (Å²) in [5.41, 5.74) is 2.00. The van der Waals surface area contributed by atoms with Gasteiger partial charge >= 0.3 is 0 Å². The quantitative estimate of drug-likeness (QED) is 0.775. The van der Waals surface area contributed by atoms with Crippen LogP contribution >= 0.6 is 0 Å². The van der Waals surface area contributed by atoms with Crippen LogP contribution in [0.2, 0.25) is 0 Å². The molecule has 1 aromatic carbocycles. The lowest BCUT2D eigenvalue weighted by Gasteiger charge is -2.04. The number of carbonyl (C=O) groups is 1. The number of benzene rings is 1. The van der Waals surface area contributed by atoms with Gasteiger partial charge in [0.1, 0.15) is 0 Å². The van der Waals surface area contributed by atoms with Gasteiger partial charge in [-0.15, -0.1) is 0 Å². The highest BCUT2D eigenvalue weighted by atomic mass is 16.1. The largest absolute Gasteiger partial charge is 0.349 e. The van der Waals surface area contributed by atoms with E-state index in [1.807, 2.05) is 24.3 Å². The van der Waals surface area contributed by atoms with E-state index in [9.17, 15) is 4.79 Å². The Hall–Kier alpha value is -1.31. The molecule has 1 aliphatic rings. The smallest absolute Gasteiger partial charge is 0.251 e. The minimum atomic E-state index is 0.0720. The Bertz CT molecular complexity index is 342. The van der Waals surface area contributed by atoms with E-state index in [-0.39, 0.29) is 5.91 Å². The van der Waals surface area contributed by atoms with Crippen LogP contribution in [0, 0.1) is 0 Å². The third-order valence-corrected chi connectivity index (χ3v) is 2.51. The fourth-order valence-electron chi connectivity index (χ4n) is 1.43. The van der Waals surface area contributed by atoms with Gasteiger partial charge in [0.2, 0.25) is 0 Å². The summed E-state index contributed by atoms with van der Waals surface area (Å²) in [5.74, 6) is 0.0720. The number of amides is 1. The Morgan fingerprint density at radius 2 is 2.29 bits per heavy atom. The normalized spacial score (nSPS) is 15.2. The summed E-state index contributed by atoms with van der Waals surface area (Å²) < 4.78 is 0. The average Bonchev–Trinajstić information content (AvgIpc) is 3.02. The molecule has 2 heteroatoms. The number of rotatable bonds is 3.